The van der Waals surface area contributed by atoms with Gasteiger partial charge in [0.25, 0.3) is 0 Å². The Kier molecular flexibility index (Phi) is 6.86. The van der Waals surface area contributed by atoms with E-state index in [9.17, 15) is 35.6 Å². The summed E-state index contributed by atoms with van der Waals surface area (Å²) in [6.07, 6.45) is -4.17. The minimum Gasteiger partial charge on any atom is -0.341 e. The molecule has 6 nitrogen and oxygen atoms in total. The van der Waals surface area contributed by atoms with Crippen molar-refractivity contribution in [3.63, 3.8) is 0 Å². The lowest BCUT2D eigenvalue weighted by atomic mass is 10.1. The molecule has 0 unspecified atom stereocenters. The zero-order chi connectivity index (χ0) is 22.7. The molecule has 2 rings (SSSR count). The average Bonchev–Trinajstić information content (AvgIpc) is 2.64. The Morgan fingerprint density at radius 3 is 2.17 bits per heavy atom. The fourth-order valence-corrected chi connectivity index (χ4v) is 3.36. The van der Waals surface area contributed by atoms with Gasteiger partial charge in [-0.2, -0.15) is 13.2 Å². The van der Waals surface area contributed by atoms with E-state index in [0.29, 0.717) is 5.69 Å². The second-order valence-electron chi connectivity index (χ2n) is 6.51. The van der Waals surface area contributed by atoms with Crippen molar-refractivity contribution in [1.82, 2.24) is 5.32 Å². The Morgan fingerprint density at radius 1 is 1.07 bits per heavy atom. The molecule has 0 aliphatic rings. The highest BCUT2D eigenvalue weighted by atomic mass is 32.2. The van der Waals surface area contributed by atoms with Crippen molar-refractivity contribution in [2.75, 3.05) is 17.1 Å². The molecule has 0 spiro atoms. The summed E-state index contributed by atoms with van der Waals surface area (Å²) in [4.78, 5) is 22.7. The minimum atomic E-state index is -5.14. The van der Waals surface area contributed by atoms with Crippen LogP contribution >= 0.6 is 0 Å². The lowest BCUT2D eigenvalue weighted by Gasteiger charge is -2.23. The summed E-state index contributed by atoms with van der Waals surface area (Å²) in [5.41, 5.74) is 0.910. The van der Waals surface area contributed by atoms with Gasteiger partial charge < -0.3 is 5.32 Å². The topological polar surface area (TPSA) is 83.6 Å². The number of ketones is 1. The second kappa shape index (κ2) is 8.82. The van der Waals surface area contributed by atoms with Crippen LogP contribution in [0.4, 0.5) is 23.2 Å². The normalized spacial score (nSPS) is 11.8. The first-order valence-corrected chi connectivity index (χ1v) is 10.3. The number of hydrogen-bond donors (Lipinski definition) is 1. The van der Waals surface area contributed by atoms with Gasteiger partial charge in [-0.15, -0.1) is 0 Å². The molecule has 1 N–H and O–H groups in total. The Morgan fingerprint density at radius 2 is 1.67 bits per heavy atom. The zero-order valence-corrected chi connectivity index (χ0v) is 16.8. The van der Waals surface area contributed by atoms with E-state index in [0.717, 1.165) is 28.3 Å². The highest BCUT2D eigenvalue weighted by Gasteiger charge is 2.38. The van der Waals surface area contributed by atoms with Crippen LogP contribution < -0.4 is 9.62 Å². The van der Waals surface area contributed by atoms with Crippen molar-refractivity contribution in [3.05, 3.63) is 65.0 Å². The molecule has 0 saturated carbocycles. The maximum absolute atomic E-state index is 14.5. The van der Waals surface area contributed by atoms with Gasteiger partial charge in [0.1, 0.15) is 5.82 Å². The van der Waals surface area contributed by atoms with Crippen LogP contribution in [0.5, 0.6) is 0 Å². The van der Waals surface area contributed by atoms with Gasteiger partial charge >= 0.3 is 12.1 Å². The lowest BCUT2D eigenvalue weighted by molar-refractivity contribution is -0.173. The standard InChI is InChI=1S/C19H18F4N2O4S/c1-12-3-7-15(8-4-12)25(30(2,28)29)11-14-6-5-13(9-16(14)20)17(26)10-24-18(27)19(21,22)23/h3-9H,10-11H2,1-2H3,(H,24,27). The molecule has 0 fully saturated rings. The van der Waals surface area contributed by atoms with Crippen LogP contribution in [0.15, 0.2) is 42.5 Å². The molecule has 0 aliphatic carbocycles. The molecule has 2 aromatic rings. The number of benzene rings is 2. The number of nitrogens with one attached hydrogen (secondary N) is 1. The Balaban J connectivity index is 2.20. The Hall–Kier alpha value is -2.95. The highest BCUT2D eigenvalue weighted by molar-refractivity contribution is 7.92. The third kappa shape index (κ3) is 6.02. The highest BCUT2D eigenvalue weighted by Crippen LogP contribution is 2.23. The molecular weight excluding hydrogens is 428 g/mol. The van der Waals surface area contributed by atoms with Crippen molar-refractivity contribution >= 4 is 27.4 Å². The maximum atomic E-state index is 14.5. The summed E-state index contributed by atoms with van der Waals surface area (Å²) in [7, 11) is -3.76. The first kappa shape index (κ1) is 23.3. The van der Waals surface area contributed by atoms with Crippen LogP contribution in [-0.4, -0.2) is 39.1 Å². The molecule has 0 heterocycles. The van der Waals surface area contributed by atoms with E-state index in [2.05, 4.69) is 0 Å². The predicted molar refractivity (Wildman–Crippen MR) is 102 cm³/mol. The minimum absolute atomic E-state index is 0.0446. The van der Waals surface area contributed by atoms with Gasteiger partial charge in [0, 0.05) is 11.1 Å². The van der Waals surface area contributed by atoms with Crippen molar-refractivity contribution in [2.24, 2.45) is 0 Å². The fourth-order valence-electron chi connectivity index (χ4n) is 2.48. The van der Waals surface area contributed by atoms with Gasteiger partial charge in [0.2, 0.25) is 10.0 Å². The van der Waals surface area contributed by atoms with Crippen molar-refractivity contribution < 1.29 is 35.6 Å². The molecule has 1 amide bonds. The van der Waals surface area contributed by atoms with Crippen LogP contribution in [-0.2, 0) is 21.4 Å². The van der Waals surface area contributed by atoms with E-state index in [1.54, 1.807) is 24.3 Å². The molecule has 30 heavy (non-hydrogen) atoms. The van der Waals surface area contributed by atoms with Gasteiger partial charge in [-0.25, -0.2) is 12.8 Å². The van der Waals surface area contributed by atoms with E-state index >= 15 is 0 Å². The number of aryl methyl sites for hydroxylation is 1. The molecule has 0 bridgehead atoms. The quantitative estimate of drug-likeness (QED) is 0.524. The molecule has 0 radical (unpaired) electrons. The second-order valence-corrected chi connectivity index (χ2v) is 8.42. The van der Waals surface area contributed by atoms with Crippen molar-refractivity contribution in [1.29, 1.82) is 0 Å². The van der Waals surface area contributed by atoms with E-state index < -0.39 is 40.3 Å². The number of nitrogens with zero attached hydrogens (tertiary/aromatic N) is 1. The number of hydrogen-bond acceptors (Lipinski definition) is 4. The molecule has 162 valence electrons. The molecular formula is C19H18F4N2O4S. The SMILES string of the molecule is Cc1ccc(N(Cc2ccc(C(=O)CNC(=O)C(F)(F)F)cc2F)S(C)(=O)=O)cc1. The summed E-state index contributed by atoms with van der Waals surface area (Å²) in [5, 5.41) is 1.41. The smallest absolute Gasteiger partial charge is 0.341 e. The number of anilines is 1. The van der Waals surface area contributed by atoms with E-state index in [1.165, 1.54) is 11.4 Å². The predicted octanol–water partition coefficient (Wildman–Crippen LogP) is 2.96. The third-order valence-corrected chi connectivity index (χ3v) is 5.22. The van der Waals surface area contributed by atoms with Crippen LogP contribution in [0.25, 0.3) is 0 Å². The Bertz CT molecular complexity index is 1050. The van der Waals surface area contributed by atoms with Crippen LogP contribution in [0.2, 0.25) is 0 Å². The van der Waals surface area contributed by atoms with Gasteiger partial charge in [-0.3, -0.25) is 13.9 Å². The van der Waals surface area contributed by atoms with Gasteiger partial charge in [0.15, 0.2) is 5.78 Å². The van der Waals surface area contributed by atoms with E-state index in [4.69, 9.17) is 0 Å². The van der Waals surface area contributed by atoms with Crippen molar-refractivity contribution in [3.8, 4) is 0 Å². The number of carbonyl (C=O) groups is 2. The summed E-state index contributed by atoms with van der Waals surface area (Å²) < 4.78 is 76.3. The number of Topliss-reactive ketones (excluding diaryl/α,β-unsaturated/α-hetero) is 1. The number of alkyl halides is 3. The van der Waals surface area contributed by atoms with Crippen LogP contribution in [0, 0.1) is 12.7 Å². The lowest BCUT2D eigenvalue weighted by Crippen LogP contribution is -2.39. The number of amides is 1. The first-order valence-electron chi connectivity index (χ1n) is 8.50. The van der Waals surface area contributed by atoms with E-state index in [1.807, 2.05) is 6.92 Å². The summed E-state index contributed by atoms with van der Waals surface area (Å²) in [6.45, 7) is 0.504. The number of sulfonamides is 1. The third-order valence-electron chi connectivity index (χ3n) is 4.08. The number of carbonyl (C=O) groups excluding carboxylic acids is 2. The Labute approximate surface area is 170 Å². The van der Waals surface area contributed by atoms with Gasteiger partial charge in [-0.05, 0) is 25.1 Å². The first-order chi connectivity index (χ1) is 13.8. The van der Waals surface area contributed by atoms with Crippen LogP contribution in [0.1, 0.15) is 21.5 Å². The van der Waals surface area contributed by atoms with Gasteiger partial charge in [0.05, 0.1) is 25.0 Å². The summed E-state index contributed by atoms with van der Waals surface area (Å²) in [5.74, 6) is -4.13. The number of halogens is 4. The summed E-state index contributed by atoms with van der Waals surface area (Å²) >= 11 is 0. The maximum Gasteiger partial charge on any atom is 0.471 e. The molecule has 2 aromatic carbocycles. The fraction of sp³-hybridized carbons (Fsp3) is 0.263. The molecule has 0 atom stereocenters. The van der Waals surface area contributed by atoms with Gasteiger partial charge in [-0.1, -0.05) is 29.8 Å². The molecule has 0 aromatic heterocycles. The molecule has 0 saturated heterocycles. The largest absolute Gasteiger partial charge is 0.471 e. The average molecular weight is 446 g/mol. The molecule has 0 aliphatic heterocycles. The van der Waals surface area contributed by atoms with Crippen LogP contribution in [0.3, 0.4) is 0 Å². The summed E-state index contributed by atoms with van der Waals surface area (Å²) in [6, 6.07) is 9.62. The zero-order valence-electron chi connectivity index (χ0n) is 16.0. The van der Waals surface area contributed by atoms with Crippen molar-refractivity contribution in [2.45, 2.75) is 19.6 Å². The van der Waals surface area contributed by atoms with E-state index in [-0.39, 0.29) is 17.7 Å². The molecule has 11 heteroatoms. The monoisotopic (exact) mass is 446 g/mol. The number of rotatable bonds is 7.